The first-order chi connectivity index (χ1) is 10.0. The van der Waals surface area contributed by atoms with E-state index in [1.165, 1.54) is 24.5 Å². The first kappa shape index (κ1) is 14.5. The molecule has 10 heteroatoms. The molecule has 108 valence electrons. The standard InChI is InChI=1S/C11H8ClN5O4/c12-7-5-6(17(19)20)1-2-8(7)21-11-9(10(13)16-18)14-3-4-15-11/h1-5,18H,(H2,13,16). The average molecular weight is 310 g/mol. The van der Waals surface area contributed by atoms with Gasteiger partial charge in [0.05, 0.1) is 9.95 Å². The summed E-state index contributed by atoms with van der Waals surface area (Å²) < 4.78 is 5.40. The minimum atomic E-state index is -0.584. The summed E-state index contributed by atoms with van der Waals surface area (Å²) in [4.78, 5) is 17.8. The number of nitro groups is 1. The number of ether oxygens (including phenoxy) is 1. The molecule has 1 aromatic carbocycles. The molecule has 0 radical (unpaired) electrons. The maximum atomic E-state index is 10.6. The number of benzene rings is 1. The van der Waals surface area contributed by atoms with Crippen LogP contribution in [-0.2, 0) is 0 Å². The number of halogens is 1. The van der Waals surface area contributed by atoms with Gasteiger partial charge < -0.3 is 15.7 Å². The molecule has 0 amide bonds. The maximum Gasteiger partial charge on any atom is 0.271 e. The Bertz CT molecular complexity index is 722. The second kappa shape index (κ2) is 6.01. The van der Waals surface area contributed by atoms with E-state index < -0.39 is 4.92 Å². The highest BCUT2D eigenvalue weighted by Crippen LogP contribution is 2.32. The van der Waals surface area contributed by atoms with E-state index in [1.54, 1.807) is 0 Å². The largest absolute Gasteiger partial charge is 0.435 e. The van der Waals surface area contributed by atoms with E-state index in [-0.39, 0.29) is 33.9 Å². The Morgan fingerprint density at radius 2 is 2.14 bits per heavy atom. The van der Waals surface area contributed by atoms with Crippen molar-refractivity contribution in [1.82, 2.24) is 9.97 Å². The second-order valence-corrected chi connectivity index (χ2v) is 4.08. The van der Waals surface area contributed by atoms with Crippen LogP contribution in [0.4, 0.5) is 5.69 Å². The van der Waals surface area contributed by atoms with Crippen LogP contribution in [0.3, 0.4) is 0 Å². The number of nitro benzene ring substituents is 1. The van der Waals surface area contributed by atoms with E-state index in [4.69, 9.17) is 27.3 Å². The Balaban J connectivity index is 2.37. The van der Waals surface area contributed by atoms with Gasteiger partial charge in [0.1, 0.15) is 5.75 Å². The van der Waals surface area contributed by atoms with Crippen LogP contribution in [0.1, 0.15) is 5.69 Å². The molecular formula is C11H8ClN5O4. The lowest BCUT2D eigenvalue weighted by Crippen LogP contribution is -2.16. The Kier molecular flexibility index (Phi) is 4.14. The molecule has 0 bridgehead atoms. The van der Waals surface area contributed by atoms with Crippen LogP contribution in [0.15, 0.2) is 35.7 Å². The average Bonchev–Trinajstić information content (AvgIpc) is 2.49. The van der Waals surface area contributed by atoms with Crippen molar-refractivity contribution >= 4 is 23.1 Å². The molecule has 0 aliphatic heterocycles. The second-order valence-electron chi connectivity index (χ2n) is 3.67. The number of non-ortho nitro benzene ring substituents is 1. The zero-order valence-corrected chi connectivity index (χ0v) is 11.1. The molecule has 0 spiro atoms. The molecule has 0 saturated carbocycles. The number of hydrogen-bond acceptors (Lipinski definition) is 7. The first-order valence-corrected chi connectivity index (χ1v) is 5.81. The highest BCUT2D eigenvalue weighted by Gasteiger charge is 2.15. The fraction of sp³-hybridized carbons (Fsp3) is 0. The van der Waals surface area contributed by atoms with Crippen LogP contribution >= 0.6 is 11.6 Å². The zero-order valence-electron chi connectivity index (χ0n) is 10.3. The number of aromatic nitrogens is 2. The highest BCUT2D eigenvalue weighted by molar-refractivity contribution is 6.32. The fourth-order valence-electron chi connectivity index (χ4n) is 1.41. The molecule has 0 saturated heterocycles. The Hall–Kier alpha value is -2.94. The van der Waals surface area contributed by atoms with Gasteiger partial charge in [0.25, 0.3) is 5.69 Å². The third kappa shape index (κ3) is 3.15. The summed E-state index contributed by atoms with van der Waals surface area (Å²) in [5, 5.41) is 22.1. The lowest BCUT2D eigenvalue weighted by molar-refractivity contribution is -0.384. The molecule has 2 rings (SSSR count). The Labute approximate surface area is 122 Å². The van der Waals surface area contributed by atoms with Gasteiger partial charge >= 0.3 is 0 Å². The number of nitrogens with zero attached hydrogens (tertiary/aromatic N) is 4. The van der Waals surface area contributed by atoms with Crippen molar-refractivity contribution in [2.75, 3.05) is 0 Å². The summed E-state index contributed by atoms with van der Waals surface area (Å²) in [6, 6.07) is 3.67. The molecule has 0 fully saturated rings. The number of hydrogen-bond donors (Lipinski definition) is 2. The Morgan fingerprint density at radius 1 is 1.43 bits per heavy atom. The fourth-order valence-corrected chi connectivity index (χ4v) is 1.63. The molecule has 0 unspecified atom stereocenters. The molecule has 0 aliphatic rings. The monoisotopic (exact) mass is 309 g/mol. The minimum absolute atomic E-state index is 0.00872. The van der Waals surface area contributed by atoms with Crippen LogP contribution in [0.25, 0.3) is 0 Å². The molecule has 21 heavy (non-hydrogen) atoms. The van der Waals surface area contributed by atoms with Crippen molar-refractivity contribution in [2.24, 2.45) is 10.9 Å². The molecule has 0 aliphatic carbocycles. The van der Waals surface area contributed by atoms with E-state index in [0.29, 0.717) is 0 Å². The van der Waals surface area contributed by atoms with Crippen LogP contribution in [-0.4, -0.2) is 25.9 Å². The van der Waals surface area contributed by atoms with Gasteiger partial charge in [-0.05, 0) is 6.07 Å². The highest BCUT2D eigenvalue weighted by atomic mass is 35.5. The van der Waals surface area contributed by atoms with Crippen molar-refractivity contribution in [1.29, 1.82) is 0 Å². The predicted octanol–water partition coefficient (Wildman–Crippen LogP) is 1.92. The first-order valence-electron chi connectivity index (χ1n) is 5.43. The van der Waals surface area contributed by atoms with E-state index in [0.717, 1.165) is 6.07 Å². The third-order valence-electron chi connectivity index (χ3n) is 2.35. The molecule has 1 aromatic heterocycles. The van der Waals surface area contributed by atoms with E-state index in [1.807, 2.05) is 0 Å². The van der Waals surface area contributed by atoms with Gasteiger partial charge in [0.15, 0.2) is 11.5 Å². The number of rotatable bonds is 4. The predicted molar refractivity (Wildman–Crippen MR) is 72.7 cm³/mol. The zero-order chi connectivity index (χ0) is 15.4. The van der Waals surface area contributed by atoms with Gasteiger partial charge in [-0.25, -0.2) is 9.97 Å². The van der Waals surface area contributed by atoms with Crippen LogP contribution in [0.5, 0.6) is 11.6 Å². The Morgan fingerprint density at radius 3 is 2.76 bits per heavy atom. The van der Waals surface area contributed by atoms with E-state index in [9.17, 15) is 10.1 Å². The van der Waals surface area contributed by atoms with Gasteiger partial charge in [-0.1, -0.05) is 16.8 Å². The summed E-state index contributed by atoms with van der Waals surface area (Å²) in [5.41, 5.74) is 5.28. The molecule has 0 atom stereocenters. The summed E-state index contributed by atoms with van der Waals surface area (Å²) in [6.07, 6.45) is 2.67. The van der Waals surface area contributed by atoms with E-state index >= 15 is 0 Å². The van der Waals surface area contributed by atoms with Gasteiger partial charge in [-0.2, -0.15) is 0 Å². The van der Waals surface area contributed by atoms with Gasteiger partial charge in [-0.3, -0.25) is 10.1 Å². The molecular weight excluding hydrogens is 302 g/mol. The van der Waals surface area contributed by atoms with Crippen molar-refractivity contribution in [3.05, 3.63) is 51.4 Å². The van der Waals surface area contributed by atoms with Gasteiger partial charge in [-0.15, -0.1) is 0 Å². The topological polar surface area (TPSA) is 137 Å². The molecule has 9 nitrogen and oxygen atoms in total. The number of oxime groups is 1. The van der Waals surface area contributed by atoms with E-state index in [2.05, 4.69) is 15.1 Å². The van der Waals surface area contributed by atoms with Crippen molar-refractivity contribution in [3.8, 4) is 11.6 Å². The summed E-state index contributed by atoms with van der Waals surface area (Å²) >= 11 is 5.90. The molecule has 2 aromatic rings. The molecule has 3 N–H and O–H groups in total. The van der Waals surface area contributed by atoms with Gasteiger partial charge in [0, 0.05) is 24.5 Å². The SMILES string of the molecule is NC(=NO)c1nccnc1Oc1ccc([N+](=O)[O-])cc1Cl. The summed E-state index contributed by atoms with van der Waals surface area (Å²) in [6.45, 7) is 0. The third-order valence-corrected chi connectivity index (χ3v) is 2.64. The maximum absolute atomic E-state index is 10.6. The van der Waals surface area contributed by atoms with Gasteiger partial charge in [0.2, 0.25) is 5.88 Å². The summed E-state index contributed by atoms with van der Waals surface area (Å²) in [5.74, 6) is -0.227. The molecule has 1 heterocycles. The van der Waals surface area contributed by atoms with Crippen LogP contribution < -0.4 is 10.5 Å². The number of amidine groups is 1. The number of nitrogens with two attached hydrogens (primary N) is 1. The lowest BCUT2D eigenvalue weighted by atomic mass is 10.3. The lowest BCUT2D eigenvalue weighted by Gasteiger charge is -2.09. The van der Waals surface area contributed by atoms with Crippen molar-refractivity contribution < 1.29 is 14.9 Å². The quantitative estimate of drug-likeness (QED) is 0.289. The summed E-state index contributed by atoms with van der Waals surface area (Å²) in [7, 11) is 0. The van der Waals surface area contributed by atoms with Crippen LogP contribution in [0.2, 0.25) is 5.02 Å². The smallest absolute Gasteiger partial charge is 0.271 e. The van der Waals surface area contributed by atoms with Crippen molar-refractivity contribution in [3.63, 3.8) is 0 Å². The normalized spacial score (nSPS) is 11.2. The van der Waals surface area contributed by atoms with Crippen LogP contribution in [0, 0.1) is 10.1 Å². The minimum Gasteiger partial charge on any atom is -0.435 e. The van der Waals surface area contributed by atoms with Crippen molar-refractivity contribution in [2.45, 2.75) is 0 Å².